The Labute approximate surface area is 93.8 Å². The first-order valence-corrected chi connectivity index (χ1v) is 5.39. The lowest BCUT2D eigenvalue weighted by Gasteiger charge is -2.25. The van der Waals surface area contributed by atoms with Crippen molar-refractivity contribution in [3.8, 4) is 11.5 Å². The number of hydrogen-bond acceptors (Lipinski definition) is 3. The van der Waals surface area contributed by atoms with Crippen LogP contribution in [0.1, 0.15) is 0 Å². The number of ether oxygens (including phenoxy) is 2. The topological polar surface area (TPSA) is 44.5 Å². The van der Waals surface area contributed by atoms with Gasteiger partial charge < -0.3 is 15.2 Å². The van der Waals surface area contributed by atoms with Crippen LogP contribution < -0.4 is 15.2 Å². The molecule has 0 aromatic heterocycles. The third kappa shape index (κ3) is 1.49. The van der Waals surface area contributed by atoms with Crippen molar-refractivity contribution in [2.75, 3.05) is 13.2 Å². The van der Waals surface area contributed by atoms with Crippen molar-refractivity contribution in [1.29, 1.82) is 0 Å². The summed E-state index contributed by atoms with van der Waals surface area (Å²) in [6.45, 7) is 1.01. The molecule has 0 aliphatic carbocycles. The fraction of sp³-hybridized carbons (Fsp3) is 0.231. The van der Waals surface area contributed by atoms with Gasteiger partial charge in [-0.1, -0.05) is 24.3 Å². The van der Waals surface area contributed by atoms with E-state index in [1.54, 1.807) is 0 Å². The summed E-state index contributed by atoms with van der Waals surface area (Å²) in [5.41, 5.74) is 5.57. The first kappa shape index (κ1) is 9.48. The maximum atomic E-state index is 5.74. The smallest absolute Gasteiger partial charge is 0.162 e. The Morgan fingerprint density at radius 1 is 1.12 bits per heavy atom. The summed E-state index contributed by atoms with van der Waals surface area (Å²) in [4.78, 5) is 0. The molecule has 3 nitrogen and oxygen atoms in total. The molecule has 0 fully saturated rings. The quantitative estimate of drug-likeness (QED) is 0.790. The van der Waals surface area contributed by atoms with Gasteiger partial charge >= 0.3 is 0 Å². The standard InChI is InChI=1S/C13H13NO2/c14-7-11-8-15-12-5-9-3-1-2-4-10(9)6-13(12)16-11/h1-6,11H,7-8,14H2/t11-/m0/s1. The van der Waals surface area contributed by atoms with Crippen LogP contribution in [0, 0.1) is 0 Å². The molecule has 0 spiro atoms. The number of rotatable bonds is 1. The highest BCUT2D eigenvalue weighted by atomic mass is 16.6. The number of nitrogens with two attached hydrogens (primary N) is 1. The van der Waals surface area contributed by atoms with E-state index in [-0.39, 0.29) is 6.10 Å². The summed E-state index contributed by atoms with van der Waals surface area (Å²) >= 11 is 0. The van der Waals surface area contributed by atoms with Gasteiger partial charge in [-0.3, -0.25) is 0 Å². The molecule has 3 heteroatoms. The number of benzene rings is 2. The molecule has 0 saturated heterocycles. The van der Waals surface area contributed by atoms with Gasteiger partial charge in [0.2, 0.25) is 0 Å². The molecular formula is C13H13NO2. The molecular weight excluding hydrogens is 202 g/mol. The van der Waals surface area contributed by atoms with E-state index in [0.717, 1.165) is 22.3 Å². The lowest BCUT2D eigenvalue weighted by Crippen LogP contribution is -2.35. The lowest BCUT2D eigenvalue weighted by molar-refractivity contribution is 0.0972. The number of fused-ring (bicyclic) bond motifs is 2. The largest absolute Gasteiger partial charge is 0.486 e. The molecule has 16 heavy (non-hydrogen) atoms. The van der Waals surface area contributed by atoms with Crippen molar-refractivity contribution < 1.29 is 9.47 Å². The van der Waals surface area contributed by atoms with Crippen molar-refractivity contribution in [3.63, 3.8) is 0 Å². The molecule has 1 heterocycles. The second kappa shape index (κ2) is 3.68. The normalized spacial score (nSPS) is 18.7. The summed E-state index contributed by atoms with van der Waals surface area (Å²) in [5.74, 6) is 1.60. The molecule has 3 rings (SSSR count). The van der Waals surface area contributed by atoms with Crippen LogP contribution in [0.25, 0.3) is 10.8 Å². The van der Waals surface area contributed by atoms with E-state index in [9.17, 15) is 0 Å². The zero-order valence-electron chi connectivity index (χ0n) is 8.85. The predicted octanol–water partition coefficient (Wildman–Crippen LogP) is 1.94. The van der Waals surface area contributed by atoms with Crippen molar-refractivity contribution >= 4 is 10.8 Å². The van der Waals surface area contributed by atoms with Crippen LogP contribution in [-0.4, -0.2) is 19.3 Å². The van der Waals surface area contributed by atoms with Crippen LogP contribution in [0.4, 0.5) is 0 Å². The molecule has 0 saturated carbocycles. The highest BCUT2D eigenvalue weighted by Gasteiger charge is 2.19. The average Bonchev–Trinajstić information content (AvgIpc) is 2.35. The van der Waals surface area contributed by atoms with Gasteiger partial charge in [-0.25, -0.2) is 0 Å². The molecule has 0 radical (unpaired) electrons. The van der Waals surface area contributed by atoms with E-state index >= 15 is 0 Å². The van der Waals surface area contributed by atoms with Gasteiger partial charge in [0.15, 0.2) is 11.5 Å². The van der Waals surface area contributed by atoms with Crippen molar-refractivity contribution in [2.45, 2.75) is 6.10 Å². The zero-order chi connectivity index (χ0) is 11.0. The number of hydrogen-bond donors (Lipinski definition) is 1. The fourth-order valence-electron chi connectivity index (χ4n) is 1.92. The van der Waals surface area contributed by atoms with Gasteiger partial charge in [-0.05, 0) is 22.9 Å². The van der Waals surface area contributed by atoms with E-state index in [1.807, 2.05) is 24.3 Å². The van der Waals surface area contributed by atoms with E-state index in [4.69, 9.17) is 15.2 Å². The highest BCUT2D eigenvalue weighted by Crippen LogP contribution is 2.35. The molecule has 2 N–H and O–H groups in total. The van der Waals surface area contributed by atoms with E-state index < -0.39 is 0 Å². The fourth-order valence-corrected chi connectivity index (χ4v) is 1.92. The van der Waals surface area contributed by atoms with Crippen LogP contribution in [0.5, 0.6) is 11.5 Å². The first-order chi connectivity index (χ1) is 7.86. The Morgan fingerprint density at radius 2 is 1.81 bits per heavy atom. The summed E-state index contributed by atoms with van der Waals surface area (Å²) < 4.78 is 11.4. The molecule has 1 aliphatic rings. The Kier molecular flexibility index (Phi) is 2.18. The second-order valence-electron chi connectivity index (χ2n) is 3.93. The molecule has 0 amide bonds. The lowest BCUT2D eigenvalue weighted by atomic mass is 10.1. The highest BCUT2D eigenvalue weighted by molar-refractivity contribution is 5.86. The molecule has 0 unspecified atom stereocenters. The maximum absolute atomic E-state index is 5.74. The van der Waals surface area contributed by atoms with E-state index in [2.05, 4.69) is 12.1 Å². The molecule has 1 atom stereocenters. The maximum Gasteiger partial charge on any atom is 0.162 e. The average molecular weight is 215 g/mol. The van der Waals surface area contributed by atoms with E-state index in [1.165, 1.54) is 0 Å². The second-order valence-corrected chi connectivity index (χ2v) is 3.93. The van der Waals surface area contributed by atoms with Gasteiger partial charge in [-0.2, -0.15) is 0 Å². The molecule has 2 aromatic carbocycles. The van der Waals surface area contributed by atoms with Gasteiger partial charge in [0.1, 0.15) is 12.7 Å². The summed E-state index contributed by atoms with van der Waals surface area (Å²) in [5, 5.41) is 2.32. The Hall–Kier alpha value is -1.74. The van der Waals surface area contributed by atoms with Gasteiger partial charge in [0.05, 0.1) is 0 Å². The van der Waals surface area contributed by atoms with Crippen molar-refractivity contribution in [2.24, 2.45) is 5.73 Å². The van der Waals surface area contributed by atoms with E-state index in [0.29, 0.717) is 13.2 Å². The van der Waals surface area contributed by atoms with Crippen LogP contribution in [0.3, 0.4) is 0 Å². The SMILES string of the molecule is NC[C@H]1COc2cc3ccccc3cc2O1. The van der Waals surface area contributed by atoms with Crippen molar-refractivity contribution in [3.05, 3.63) is 36.4 Å². The van der Waals surface area contributed by atoms with Gasteiger partial charge in [0, 0.05) is 6.54 Å². The third-order valence-corrected chi connectivity index (χ3v) is 2.79. The molecule has 82 valence electrons. The summed E-state index contributed by atoms with van der Waals surface area (Å²) in [7, 11) is 0. The Morgan fingerprint density at radius 3 is 2.50 bits per heavy atom. The first-order valence-electron chi connectivity index (χ1n) is 5.39. The third-order valence-electron chi connectivity index (χ3n) is 2.79. The molecule has 1 aliphatic heterocycles. The Bertz CT molecular complexity index is 524. The van der Waals surface area contributed by atoms with Crippen molar-refractivity contribution in [1.82, 2.24) is 0 Å². The minimum atomic E-state index is -0.0336. The van der Waals surface area contributed by atoms with Gasteiger partial charge in [0.25, 0.3) is 0 Å². The van der Waals surface area contributed by atoms with Crippen LogP contribution in [0.2, 0.25) is 0 Å². The van der Waals surface area contributed by atoms with Crippen LogP contribution in [0.15, 0.2) is 36.4 Å². The molecule has 2 aromatic rings. The van der Waals surface area contributed by atoms with Crippen LogP contribution >= 0.6 is 0 Å². The Balaban J connectivity index is 2.10. The monoisotopic (exact) mass is 215 g/mol. The summed E-state index contributed by atoms with van der Waals surface area (Å²) in [6, 6.07) is 12.2. The minimum Gasteiger partial charge on any atom is -0.486 e. The predicted molar refractivity (Wildman–Crippen MR) is 62.9 cm³/mol. The van der Waals surface area contributed by atoms with Crippen LogP contribution in [-0.2, 0) is 0 Å². The summed E-state index contributed by atoms with van der Waals surface area (Å²) in [6.07, 6.45) is -0.0336. The van der Waals surface area contributed by atoms with Gasteiger partial charge in [-0.15, -0.1) is 0 Å². The minimum absolute atomic E-state index is 0.0336. The molecule has 0 bridgehead atoms. The zero-order valence-corrected chi connectivity index (χ0v) is 8.85.